The molecule has 126 valence electrons. The SMILES string of the molecule is CCc1nn(C2CCNC2)c(CC)c1Sc1ccc(F)cc1.Cl. The summed E-state index contributed by atoms with van der Waals surface area (Å²) in [5.74, 6) is -0.191. The molecule has 6 heteroatoms. The Bertz CT molecular complexity index is 636. The maximum atomic E-state index is 13.1. The normalized spacial score (nSPS) is 17.3. The van der Waals surface area contributed by atoms with Crippen molar-refractivity contribution in [2.75, 3.05) is 13.1 Å². The van der Waals surface area contributed by atoms with Crippen molar-refractivity contribution in [1.82, 2.24) is 15.1 Å². The van der Waals surface area contributed by atoms with E-state index >= 15 is 0 Å². The molecular formula is C17H23ClFN3S. The first-order chi connectivity index (χ1) is 10.7. The van der Waals surface area contributed by atoms with Gasteiger partial charge in [-0.05, 0) is 50.1 Å². The van der Waals surface area contributed by atoms with Gasteiger partial charge in [0.1, 0.15) is 5.82 Å². The lowest BCUT2D eigenvalue weighted by Gasteiger charge is -2.13. The summed E-state index contributed by atoms with van der Waals surface area (Å²) in [6.07, 6.45) is 3.02. The summed E-state index contributed by atoms with van der Waals surface area (Å²) in [5, 5.41) is 8.29. The molecule has 1 N–H and O–H groups in total. The molecule has 1 unspecified atom stereocenters. The van der Waals surface area contributed by atoms with Gasteiger partial charge >= 0.3 is 0 Å². The summed E-state index contributed by atoms with van der Waals surface area (Å²) in [6, 6.07) is 7.18. The van der Waals surface area contributed by atoms with Crippen LogP contribution in [0.15, 0.2) is 34.1 Å². The number of rotatable bonds is 5. The zero-order valence-electron chi connectivity index (χ0n) is 13.5. The third kappa shape index (κ3) is 3.90. The minimum atomic E-state index is -0.191. The third-order valence-electron chi connectivity index (χ3n) is 4.11. The Balaban J connectivity index is 0.00000192. The molecule has 0 bridgehead atoms. The summed E-state index contributed by atoms with van der Waals surface area (Å²) in [7, 11) is 0. The van der Waals surface area contributed by atoms with Crippen molar-refractivity contribution in [3.05, 3.63) is 41.5 Å². The van der Waals surface area contributed by atoms with Gasteiger partial charge < -0.3 is 5.32 Å². The highest BCUT2D eigenvalue weighted by molar-refractivity contribution is 7.99. The van der Waals surface area contributed by atoms with Crippen molar-refractivity contribution in [2.24, 2.45) is 0 Å². The number of hydrogen-bond acceptors (Lipinski definition) is 3. The number of halogens is 2. The Morgan fingerprint density at radius 1 is 1.26 bits per heavy atom. The van der Waals surface area contributed by atoms with Gasteiger partial charge in [0, 0.05) is 11.4 Å². The molecule has 23 heavy (non-hydrogen) atoms. The van der Waals surface area contributed by atoms with Crippen LogP contribution in [0.25, 0.3) is 0 Å². The van der Waals surface area contributed by atoms with Crippen LogP contribution in [0.4, 0.5) is 4.39 Å². The number of hydrogen-bond donors (Lipinski definition) is 1. The van der Waals surface area contributed by atoms with Crippen LogP contribution in [0.2, 0.25) is 0 Å². The lowest BCUT2D eigenvalue weighted by Crippen LogP contribution is -2.16. The van der Waals surface area contributed by atoms with E-state index in [1.54, 1.807) is 11.8 Å². The fraction of sp³-hybridized carbons (Fsp3) is 0.471. The molecule has 0 saturated carbocycles. The fourth-order valence-electron chi connectivity index (χ4n) is 2.95. The smallest absolute Gasteiger partial charge is 0.123 e. The Morgan fingerprint density at radius 2 is 2.00 bits per heavy atom. The van der Waals surface area contributed by atoms with Crippen molar-refractivity contribution in [1.29, 1.82) is 0 Å². The lowest BCUT2D eigenvalue weighted by molar-refractivity contribution is 0.469. The minimum absolute atomic E-state index is 0. The molecule has 2 heterocycles. The highest BCUT2D eigenvalue weighted by Crippen LogP contribution is 2.35. The summed E-state index contributed by atoms with van der Waals surface area (Å²) in [6.45, 7) is 6.39. The van der Waals surface area contributed by atoms with Gasteiger partial charge in [-0.25, -0.2) is 4.39 Å². The molecule has 1 atom stereocenters. The average Bonchev–Trinajstić information content (AvgIpc) is 3.16. The first-order valence-corrected chi connectivity index (χ1v) is 8.79. The lowest BCUT2D eigenvalue weighted by atomic mass is 10.2. The molecule has 1 fully saturated rings. The van der Waals surface area contributed by atoms with E-state index in [0.717, 1.165) is 42.9 Å². The molecule has 0 radical (unpaired) electrons. The molecule has 1 aromatic carbocycles. The Labute approximate surface area is 147 Å². The van der Waals surface area contributed by atoms with Gasteiger partial charge in [0.15, 0.2) is 0 Å². The topological polar surface area (TPSA) is 29.9 Å². The Kier molecular flexibility index (Phi) is 6.50. The molecule has 2 aromatic rings. The minimum Gasteiger partial charge on any atom is -0.315 e. The van der Waals surface area contributed by atoms with E-state index in [1.165, 1.54) is 22.7 Å². The second-order valence-electron chi connectivity index (χ2n) is 5.58. The van der Waals surface area contributed by atoms with E-state index in [2.05, 4.69) is 23.8 Å². The molecule has 1 aliphatic heterocycles. The van der Waals surface area contributed by atoms with Crippen LogP contribution < -0.4 is 5.32 Å². The monoisotopic (exact) mass is 355 g/mol. The van der Waals surface area contributed by atoms with Crippen LogP contribution in [0.1, 0.15) is 37.7 Å². The predicted molar refractivity (Wildman–Crippen MR) is 95.3 cm³/mol. The van der Waals surface area contributed by atoms with E-state index in [0.29, 0.717) is 6.04 Å². The number of aromatic nitrogens is 2. The average molecular weight is 356 g/mol. The van der Waals surface area contributed by atoms with E-state index in [9.17, 15) is 4.39 Å². The van der Waals surface area contributed by atoms with E-state index < -0.39 is 0 Å². The van der Waals surface area contributed by atoms with Crippen LogP contribution >= 0.6 is 24.2 Å². The molecule has 0 spiro atoms. The zero-order valence-corrected chi connectivity index (χ0v) is 15.1. The van der Waals surface area contributed by atoms with Crippen LogP contribution in [0, 0.1) is 5.82 Å². The quantitative estimate of drug-likeness (QED) is 0.869. The maximum absolute atomic E-state index is 13.1. The highest BCUT2D eigenvalue weighted by atomic mass is 35.5. The van der Waals surface area contributed by atoms with Crippen LogP contribution in [0.3, 0.4) is 0 Å². The van der Waals surface area contributed by atoms with Crippen molar-refractivity contribution in [2.45, 2.75) is 48.9 Å². The number of nitrogens with zero attached hydrogens (tertiary/aromatic N) is 2. The first kappa shape index (κ1) is 18.3. The Hall–Kier alpha value is -1.04. The van der Waals surface area contributed by atoms with Gasteiger partial charge in [0.05, 0.1) is 22.3 Å². The molecular weight excluding hydrogens is 333 g/mol. The second kappa shape index (κ2) is 8.18. The number of nitrogens with one attached hydrogen (secondary N) is 1. The van der Waals surface area contributed by atoms with Gasteiger partial charge in [-0.1, -0.05) is 25.6 Å². The maximum Gasteiger partial charge on any atom is 0.123 e. The van der Waals surface area contributed by atoms with Crippen molar-refractivity contribution < 1.29 is 4.39 Å². The van der Waals surface area contributed by atoms with Crippen LogP contribution in [0.5, 0.6) is 0 Å². The molecule has 3 rings (SSSR count). The van der Waals surface area contributed by atoms with Crippen molar-refractivity contribution in [3.8, 4) is 0 Å². The summed E-state index contributed by atoms with van der Waals surface area (Å²) in [4.78, 5) is 2.32. The largest absolute Gasteiger partial charge is 0.315 e. The number of aryl methyl sites for hydroxylation is 1. The van der Waals surface area contributed by atoms with Gasteiger partial charge in [0.25, 0.3) is 0 Å². The summed E-state index contributed by atoms with van der Waals surface area (Å²) in [5.41, 5.74) is 2.46. The second-order valence-corrected chi connectivity index (χ2v) is 6.66. The molecule has 3 nitrogen and oxygen atoms in total. The van der Waals surface area contributed by atoms with E-state index in [-0.39, 0.29) is 18.2 Å². The third-order valence-corrected chi connectivity index (χ3v) is 5.30. The van der Waals surface area contributed by atoms with Gasteiger partial charge in [-0.3, -0.25) is 4.68 Å². The van der Waals surface area contributed by atoms with Gasteiger partial charge in [0.2, 0.25) is 0 Å². The van der Waals surface area contributed by atoms with Crippen molar-refractivity contribution >= 4 is 24.2 Å². The van der Waals surface area contributed by atoms with Crippen LogP contribution in [-0.2, 0) is 12.8 Å². The van der Waals surface area contributed by atoms with Crippen molar-refractivity contribution in [3.63, 3.8) is 0 Å². The van der Waals surface area contributed by atoms with E-state index in [1.807, 2.05) is 12.1 Å². The predicted octanol–water partition coefficient (Wildman–Crippen LogP) is 4.25. The Morgan fingerprint density at radius 3 is 2.57 bits per heavy atom. The standard InChI is InChI=1S/C17H22FN3S.ClH/c1-3-15-17(22-14-7-5-12(18)6-8-14)16(4-2)21(20-15)13-9-10-19-11-13;/h5-8,13,19H,3-4,9-11H2,1-2H3;1H. The highest BCUT2D eigenvalue weighted by Gasteiger charge is 2.24. The first-order valence-electron chi connectivity index (χ1n) is 7.97. The molecule has 1 saturated heterocycles. The summed E-state index contributed by atoms with van der Waals surface area (Å²) >= 11 is 1.71. The number of benzene rings is 1. The van der Waals surface area contributed by atoms with Crippen LogP contribution in [-0.4, -0.2) is 22.9 Å². The molecule has 0 aliphatic carbocycles. The van der Waals surface area contributed by atoms with Gasteiger partial charge in [-0.2, -0.15) is 5.10 Å². The molecule has 1 aromatic heterocycles. The van der Waals surface area contributed by atoms with E-state index in [4.69, 9.17) is 5.10 Å². The summed E-state index contributed by atoms with van der Waals surface area (Å²) < 4.78 is 15.3. The molecule has 1 aliphatic rings. The van der Waals surface area contributed by atoms with Gasteiger partial charge in [-0.15, -0.1) is 12.4 Å². The zero-order chi connectivity index (χ0) is 15.5. The fourth-order valence-corrected chi connectivity index (χ4v) is 4.12. The molecule has 0 amide bonds.